The number of nitrogens with zero attached hydrogens (tertiary/aromatic N) is 1. The number of hydrogen-bond donors (Lipinski definition) is 2. The quantitative estimate of drug-likeness (QED) is 0.502. The molecule has 3 aromatic rings. The lowest BCUT2D eigenvalue weighted by molar-refractivity contribution is -0.114. The summed E-state index contributed by atoms with van der Waals surface area (Å²) in [5.74, 6) is -0.573. The summed E-state index contributed by atoms with van der Waals surface area (Å²) >= 11 is 0. The van der Waals surface area contributed by atoms with Crippen LogP contribution in [0.5, 0.6) is 0 Å². The third-order valence-corrected chi connectivity index (χ3v) is 6.29. The molecule has 7 nitrogen and oxygen atoms in total. The number of anilines is 3. The summed E-state index contributed by atoms with van der Waals surface area (Å²) in [6.45, 7) is 5.14. The van der Waals surface area contributed by atoms with Gasteiger partial charge in [-0.2, -0.15) is 0 Å². The summed E-state index contributed by atoms with van der Waals surface area (Å²) in [7, 11) is -3.79. The van der Waals surface area contributed by atoms with Crippen molar-refractivity contribution in [3.63, 3.8) is 0 Å². The number of carbonyl (C=O) groups excluding carboxylic acids is 2. The van der Waals surface area contributed by atoms with Crippen LogP contribution in [0.1, 0.15) is 17.3 Å². The molecule has 164 valence electrons. The fraction of sp³-hybridized carbons (Fsp3) is 0.0833. The van der Waals surface area contributed by atoms with Gasteiger partial charge in [0.25, 0.3) is 15.9 Å². The Morgan fingerprint density at radius 3 is 2.12 bits per heavy atom. The first-order chi connectivity index (χ1) is 15.3. The van der Waals surface area contributed by atoms with E-state index in [2.05, 4.69) is 17.2 Å². The first-order valence-electron chi connectivity index (χ1n) is 9.79. The molecule has 0 saturated heterocycles. The Morgan fingerprint density at radius 2 is 1.53 bits per heavy atom. The lowest BCUT2D eigenvalue weighted by Crippen LogP contribution is -2.31. The van der Waals surface area contributed by atoms with Crippen molar-refractivity contribution in [1.82, 2.24) is 0 Å². The molecular weight excluding hydrogens is 426 g/mol. The molecule has 2 amide bonds. The standard InChI is InChI=1S/C24H23N3O4S/c1-3-16-27(32(30,31)23-10-5-4-6-11-23)22-14-12-19(13-15-22)24(29)26-21-9-7-8-20(17-21)25-18(2)28/h3-15,17H,1,16H2,2H3,(H,25,28)(H,26,29). The number of carbonyl (C=O) groups is 2. The second-order valence-electron chi connectivity index (χ2n) is 6.90. The minimum absolute atomic E-state index is 0.0821. The highest BCUT2D eigenvalue weighted by Crippen LogP contribution is 2.24. The molecule has 3 aromatic carbocycles. The van der Waals surface area contributed by atoms with Gasteiger partial charge in [-0.1, -0.05) is 30.3 Å². The van der Waals surface area contributed by atoms with Gasteiger partial charge in [-0.15, -0.1) is 6.58 Å². The van der Waals surface area contributed by atoms with Crippen LogP contribution >= 0.6 is 0 Å². The summed E-state index contributed by atoms with van der Waals surface area (Å²) in [6, 6.07) is 21.2. The zero-order valence-corrected chi connectivity index (χ0v) is 18.3. The van der Waals surface area contributed by atoms with Gasteiger partial charge in [0.15, 0.2) is 0 Å². The SMILES string of the molecule is C=CCN(c1ccc(C(=O)Nc2cccc(NC(C)=O)c2)cc1)S(=O)(=O)c1ccccc1. The average molecular weight is 450 g/mol. The molecule has 0 aromatic heterocycles. The number of sulfonamides is 1. The van der Waals surface area contributed by atoms with Gasteiger partial charge < -0.3 is 10.6 Å². The van der Waals surface area contributed by atoms with E-state index in [9.17, 15) is 18.0 Å². The topological polar surface area (TPSA) is 95.6 Å². The van der Waals surface area contributed by atoms with Crippen LogP contribution < -0.4 is 14.9 Å². The zero-order valence-electron chi connectivity index (χ0n) is 17.5. The van der Waals surface area contributed by atoms with Crippen LogP contribution in [-0.2, 0) is 14.8 Å². The molecule has 0 atom stereocenters. The molecule has 2 N–H and O–H groups in total. The maximum absolute atomic E-state index is 13.1. The Balaban J connectivity index is 1.80. The van der Waals surface area contributed by atoms with E-state index in [1.807, 2.05) is 0 Å². The molecule has 3 rings (SSSR count). The molecule has 0 saturated carbocycles. The molecule has 0 unspecified atom stereocenters. The van der Waals surface area contributed by atoms with Gasteiger partial charge in [0.1, 0.15) is 0 Å². The molecule has 0 aliphatic carbocycles. The molecule has 0 bridgehead atoms. The summed E-state index contributed by atoms with van der Waals surface area (Å²) in [6.07, 6.45) is 1.50. The van der Waals surface area contributed by atoms with Crippen molar-refractivity contribution in [2.24, 2.45) is 0 Å². The van der Waals surface area contributed by atoms with Crippen molar-refractivity contribution >= 4 is 38.9 Å². The number of benzene rings is 3. The van der Waals surface area contributed by atoms with Gasteiger partial charge in [-0.05, 0) is 54.6 Å². The van der Waals surface area contributed by atoms with Crippen LogP contribution in [0.3, 0.4) is 0 Å². The van der Waals surface area contributed by atoms with Crippen molar-refractivity contribution in [2.75, 3.05) is 21.5 Å². The fourth-order valence-corrected chi connectivity index (χ4v) is 4.50. The van der Waals surface area contributed by atoms with Crippen molar-refractivity contribution in [1.29, 1.82) is 0 Å². The average Bonchev–Trinajstić information content (AvgIpc) is 2.78. The third-order valence-electron chi connectivity index (χ3n) is 4.48. The van der Waals surface area contributed by atoms with E-state index in [0.717, 1.165) is 0 Å². The van der Waals surface area contributed by atoms with Crippen molar-refractivity contribution < 1.29 is 18.0 Å². The van der Waals surface area contributed by atoms with Gasteiger partial charge in [0.05, 0.1) is 17.1 Å². The first kappa shape index (κ1) is 22.8. The molecule has 0 radical (unpaired) electrons. The van der Waals surface area contributed by atoms with Crippen LogP contribution in [0, 0.1) is 0 Å². The predicted molar refractivity (Wildman–Crippen MR) is 126 cm³/mol. The smallest absolute Gasteiger partial charge is 0.264 e. The highest BCUT2D eigenvalue weighted by atomic mass is 32.2. The highest BCUT2D eigenvalue weighted by Gasteiger charge is 2.24. The molecule has 0 fully saturated rings. The van der Waals surface area contributed by atoms with E-state index in [1.54, 1.807) is 66.7 Å². The van der Waals surface area contributed by atoms with E-state index in [4.69, 9.17) is 0 Å². The molecule has 0 aliphatic rings. The van der Waals surface area contributed by atoms with Crippen LogP contribution in [0.4, 0.5) is 17.1 Å². The molecule has 8 heteroatoms. The Hall–Kier alpha value is -3.91. The summed E-state index contributed by atoms with van der Waals surface area (Å²) in [5, 5.41) is 5.42. The maximum Gasteiger partial charge on any atom is 0.264 e. The van der Waals surface area contributed by atoms with Gasteiger partial charge in [-0.3, -0.25) is 13.9 Å². The van der Waals surface area contributed by atoms with Crippen molar-refractivity contribution in [3.05, 3.63) is 97.1 Å². The number of rotatable bonds is 8. The van der Waals surface area contributed by atoms with Crippen molar-refractivity contribution in [2.45, 2.75) is 11.8 Å². The number of amides is 2. The van der Waals surface area contributed by atoms with Crippen LogP contribution in [0.25, 0.3) is 0 Å². The fourth-order valence-electron chi connectivity index (χ4n) is 3.04. The van der Waals surface area contributed by atoms with E-state index in [0.29, 0.717) is 22.6 Å². The Kier molecular flexibility index (Phi) is 7.07. The van der Waals surface area contributed by atoms with E-state index in [-0.39, 0.29) is 23.3 Å². The third kappa shape index (κ3) is 5.41. The van der Waals surface area contributed by atoms with Gasteiger partial charge in [0.2, 0.25) is 5.91 Å². The van der Waals surface area contributed by atoms with E-state index < -0.39 is 10.0 Å². The maximum atomic E-state index is 13.1. The zero-order chi connectivity index (χ0) is 23.1. The number of nitrogens with one attached hydrogen (secondary N) is 2. The molecule has 0 heterocycles. The van der Waals surface area contributed by atoms with Crippen LogP contribution in [0.15, 0.2) is 96.4 Å². The molecule has 32 heavy (non-hydrogen) atoms. The van der Waals surface area contributed by atoms with Crippen LogP contribution in [0.2, 0.25) is 0 Å². The largest absolute Gasteiger partial charge is 0.326 e. The monoisotopic (exact) mass is 449 g/mol. The van der Waals surface area contributed by atoms with E-state index >= 15 is 0 Å². The summed E-state index contributed by atoms with van der Waals surface area (Å²) in [4.78, 5) is 24.0. The van der Waals surface area contributed by atoms with Gasteiger partial charge in [0, 0.05) is 23.9 Å². The number of hydrogen-bond acceptors (Lipinski definition) is 4. The minimum atomic E-state index is -3.79. The Labute approximate surface area is 187 Å². The predicted octanol–water partition coefficient (Wildman–Crippen LogP) is 4.28. The lowest BCUT2D eigenvalue weighted by atomic mass is 10.2. The second kappa shape index (κ2) is 9.93. The molecule has 0 spiro atoms. The first-order valence-corrected chi connectivity index (χ1v) is 11.2. The molecule has 0 aliphatic heterocycles. The minimum Gasteiger partial charge on any atom is -0.326 e. The van der Waals surface area contributed by atoms with Gasteiger partial charge in [-0.25, -0.2) is 8.42 Å². The van der Waals surface area contributed by atoms with E-state index in [1.165, 1.54) is 29.4 Å². The van der Waals surface area contributed by atoms with Gasteiger partial charge >= 0.3 is 0 Å². The second-order valence-corrected chi connectivity index (χ2v) is 8.76. The Morgan fingerprint density at radius 1 is 0.906 bits per heavy atom. The summed E-state index contributed by atoms with van der Waals surface area (Å²) in [5.41, 5.74) is 1.86. The van der Waals surface area contributed by atoms with Crippen molar-refractivity contribution in [3.8, 4) is 0 Å². The normalized spacial score (nSPS) is 10.8. The Bertz CT molecular complexity index is 1220. The molecular formula is C24H23N3O4S. The van der Waals surface area contributed by atoms with Crippen LogP contribution in [-0.4, -0.2) is 26.8 Å². The highest BCUT2D eigenvalue weighted by molar-refractivity contribution is 7.92. The summed E-state index contributed by atoms with van der Waals surface area (Å²) < 4.78 is 27.3. The lowest BCUT2D eigenvalue weighted by Gasteiger charge is -2.23.